The van der Waals surface area contributed by atoms with Gasteiger partial charge in [-0.25, -0.2) is 0 Å². The van der Waals surface area contributed by atoms with E-state index in [0.717, 1.165) is 12.1 Å². The maximum atomic E-state index is 12.2. The molecule has 0 amide bonds. The predicted molar refractivity (Wildman–Crippen MR) is 41.3 cm³/mol. The van der Waals surface area contributed by atoms with E-state index in [1.165, 1.54) is 0 Å². The Morgan fingerprint density at radius 2 is 1.60 bits per heavy atom. The zero-order valence-electron chi connectivity index (χ0n) is 6.97. The van der Waals surface area contributed by atoms with Crippen molar-refractivity contribution in [3.63, 3.8) is 0 Å². The molecule has 0 heterocycles. The van der Waals surface area contributed by atoms with Crippen molar-refractivity contribution >= 4 is 10.1 Å². The molecule has 0 aliphatic heterocycles. The molecule has 0 saturated heterocycles. The van der Waals surface area contributed by atoms with Gasteiger partial charge >= 0.3 is 6.18 Å². The van der Waals surface area contributed by atoms with Crippen LogP contribution in [-0.4, -0.2) is 13.0 Å². The molecule has 0 atom stereocenters. The minimum atomic E-state index is -4.84. The normalized spacial score (nSPS) is 12.0. The van der Waals surface area contributed by atoms with Crippen LogP contribution in [0.15, 0.2) is 29.2 Å². The summed E-state index contributed by atoms with van der Waals surface area (Å²) in [5.41, 5.74) is -1.37. The van der Waals surface area contributed by atoms with Gasteiger partial charge in [-0.15, -0.1) is 0 Å². The maximum Gasteiger partial charge on any atom is 0.417 e. The van der Waals surface area contributed by atoms with E-state index in [2.05, 4.69) is 0 Å². The van der Waals surface area contributed by atoms with Gasteiger partial charge in [-0.3, -0.25) is 4.55 Å². The molecule has 0 fully saturated rings. The quantitative estimate of drug-likeness (QED) is 0.632. The smallest absolute Gasteiger partial charge is 0.282 e. The zero-order chi connectivity index (χ0) is 11.0. The molecule has 0 unspecified atom stereocenters. The molecule has 0 radical (unpaired) electrons. The molecule has 0 aromatic heterocycles. The fraction of sp³-hybridized carbons (Fsp3) is 0.143. The number of hydrogen-bond donors (Lipinski definition) is 1. The van der Waals surface area contributed by atoms with E-state index < -0.39 is 26.8 Å². The summed E-state index contributed by atoms with van der Waals surface area (Å²) in [6.07, 6.45) is -4.80. The number of halogens is 3. The third-order valence-electron chi connectivity index (χ3n) is 1.47. The van der Waals surface area contributed by atoms with Gasteiger partial charge < -0.3 is 0 Å². The topological polar surface area (TPSA) is 54.4 Å². The van der Waals surface area contributed by atoms with Crippen molar-refractivity contribution in [3.05, 3.63) is 29.8 Å². The molecular formula is C7H5F3FeO3S. The van der Waals surface area contributed by atoms with Gasteiger partial charge in [0.15, 0.2) is 0 Å². The number of alkyl halides is 3. The third-order valence-corrected chi connectivity index (χ3v) is 2.38. The van der Waals surface area contributed by atoms with Crippen LogP contribution in [0.4, 0.5) is 13.2 Å². The van der Waals surface area contributed by atoms with E-state index in [0.29, 0.717) is 12.1 Å². The molecule has 0 aliphatic carbocycles. The minimum Gasteiger partial charge on any atom is -0.282 e. The van der Waals surface area contributed by atoms with Crippen LogP contribution in [0.5, 0.6) is 0 Å². The Bertz CT molecular complexity index is 441. The van der Waals surface area contributed by atoms with Crippen LogP contribution in [0.2, 0.25) is 0 Å². The van der Waals surface area contributed by atoms with Crippen LogP contribution >= 0.6 is 0 Å². The Hall–Kier alpha value is -0.561. The van der Waals surface area contributed by atoms with Crippen molar-refractivity contribution in [3.8, 4) is 0 Å². The summed E-state index contributed by atoms with van der Waals surface area (Å²) < 4.78 is 66.2. The van der Waals surface area contributed by atoms with Crippen molar-refractivity contribution in [2.45, 2.75) is 11.1 Å². The Labute approximate surface area is 94.5 Å². The fourth-order valence-corrected chi connectivity index (χ4v) is 1.64. The van der Waals surface area contributed by atoms with Gasteiger partial charge in [0.2, 0.25) is 0 Å². The fourth-order valence-electron chi connectivity index (χ4n) is 0.926. The van der Waals surface area contributed by atoms with E-state index in [1.54, 1.807) is 0 Å². The summed E-state index contributed by atoms with van der Waals surface area (Å²) in [4.78, 5) is -1.13. The van der Waals surface area contributed by atoms with Crippen LogP contribution < -0.4 is 0 Å². The molecule has 1 aromatic rings. The van der Waals surface area contributed by atoms with Crippen LogP contribution in [-0.2, 0) is 33.4 Å². The van der Waals surface area contributed by atoms with Crippen LogP contribution in [0.1, 0.15) is 5.56 Å². The van der Waals surface area contributed by atoms with Gasteiger partial charge in [0.1, 0.15) is 4.90 Å². The van der Waals surface area contributed by atoms with Gasteiger partial charge in [-0.2, -0.15) is 21.6 Å². The van der Waals surface area contributed by atoms with Crippen molar-refractivity contribution in [1.29, 1.82) is 0 Å². The molecule has 0 saturated carbocycles. The van der Waals surface area contributed by atoms with Gasteiger partial charge in [0, 0.05) is 17.1 Å². The summed E-state index contributed by atoms with van der Waals surface area (Å²) in [5, 5.41) is 0. The Kier molecular flexibility index (Phi) is 4.36. The Morgan fingerprint density at radius 1 is 1.13 bits per heavy atom. The average Bonchev–Trinajstić information content (AvgIpc) is 2.01. The molecule has 1 N–H and O–H groups in total. The SMILES string of the molecule is O=S(=O)(O)c1ccccc1C(F)(F)F.[Fe]. The Balaban J connectivity index is 0.00000196. The molecule has 0 aliphatic rings. The monoisotopic (exact) mass is 282 g/mol. The minimum absolute atomic E-state index is 0. The molecule has 8 heteroatoms. The summed E-state index contributed by atoms with van der Waals surface area (Å²) in [5.74, 6) is 0. The van der Waals surface area contributed by atoms with E-state index in [1.807, 2.05) is 0 Å². The van der Waals surface area contributed by atoms with Gasteiger partial charge in [-0.1, -0.05) is 12.1 Å². The number of rotatable bonds is 1. The molecule has 1 rings (SSSR count). The molecule has 0 spiro atoms. The second-order valence-electron chi connectivity index (χ2n) is 2.47. The molecular weight excluding hydrogens is 277 g/mol. The van der Waals surface area contributed by atoms with Gasteiger partial charge in [0.05, 0.1) is 5.56 Å². The molecule has 1 aromatic carbocycles. The predicted octanol–water partition coefficient (Wildman–Crippen LogP) is 1.95. The second-order valence-corrected chi connectivity index (χ2v) is 3.86. The van der Waals surface area contributed by atoms with E-state index in [9.17, 15) is 21.6 Å². The number of benzene rings is 1. The summed E-state index contributed by atoms with van der Waals surface area (Å²) in [7, 11) is -4.84. The Morgan fingerprint density at radius 3 is 1.93 bits per heavy atom. The third kappa shape index (κ3) is 3.49. The van der Waals surface area contributed by atoms with Crippen molar-refractivity contribution in [1.82, 2.24) is 0 Å². The first-order valence-electron chi connectivity index (χ1n) is 3.36. The van der Waals surface area contributed by atoms with Gasteiger partial charge in [-0.05, 0) is 12.1 Å². The van der Waals surface area contributed by atoms with E-state index in [4.69, 9.17) is 4.55 Å². The first-order chi connectivity index (χ1) is 6.23. The summed E-state index contributed by atoms with van der Waals surface area (Å²) in [6, 6.07) is 3.41. The second kappa shape index (κ2) is 4.52. The first kappa shape index (κ1) is 14.4. The standard InChI is InChI=1S/C7H5F3O3S.Fe/c8-7(9,10)5-3-1-2-4-6(5)14(11,12)13;/h1-4H,(H,11,12,13);. The van der Waals surface area contributed by atoms with E-state index in [-0.39, 0.29) is 17.1 Å². The van der Waals surface area contributed by atoms with Crippen molar-refractivity contribution in [2.75, 3.05) is 0 Å². The van der Waals surface area contributed by atoms with Crippen molar-refractivity contribution < 1.29 is 43.2 Å². The molecule has 15 heavy (non-hydrogen) atoms. The molecule has 3 nitrogen and oxygen atoms in total. The van der Waals surface area contributed by atoms with Crippen LogP contribution in [0.3, 0.4) is 0 Å². The van der Waals surface area contributed by atoms with Crippen LogP contribution in [0, 0.1) is 0 Å². The molecule has 0 bridgehead atoms. The largest absolute Gasteiger partial charge is 0.417 e. The first-order valence-corrected chi connectivity index (χ1v) is 4.80. The maximum absolute atomic E-state index is 12.2. The molecule has 86 valence electrons. The number of hydrogen-bond acceptors (Lipinski definition) is 2. The van der Waals surface area contributed by atoms with Crippen molar-refractivity contribution in [2.24, 2.45) is 0 Å². The average molecular weight is 282 g/mol. The summed E-state index contributed by atoms with van der Waals surface area (Å²) >= 11 is 0. The van der Waals surface area contributed by atoms with Crippen LogP contribution in [0.25, 0.3) is 0 Å². The zero-order valence-corrected chi connectivity index (χ0v) is 8.89. The van der Waals surface area contributed by atoms with Gasteiger partial charge in [0.25, 0.3) is 10.1 Å². The summed E-state index contributed by atoms with van der Waals surface area (Å²) in [6.45, 7) is 0. The van der Waals surface area contributed by atoms with E-state index >= 15 is 0 Å².